The van der Waals surface area contributed by atoms with E-state index in [1.807, 2.05) is 54.6 Å². The molecule has 35 heavy (non-hydrogen) atoms. The standard InChI is InChI=1S/C28H33N3O3S/c1-28(2,3)31-35-25-16-8-12-20-21(25)13-7-14-22(20)29-26(32)23(18-19-10-5-4-6-11-19)30-27(33)24-15-9-17-34-24/h4-8,10-14,16,23-24,31H,9,15,17-18H2,1-3H3,(H,29,32)(H,30,33)/t23-,24?/m0/s1. The Morgan fingerprint density at radius 3 is 2.46 bits per heavy atom. The zero-order valence-corrected chi connectivity index (χ0v) is 21.3. The first-order valence-electron chi connectivity index (χ1n) is 12.0. The Balaban J connectivity index is 1.56. The Morgan fingerprint density at radius 2 is 1.74 bits per heavy atom. The molecule has 4 rings (SSSR count). The van der Waals surface area contributed by atoms with Gasteiger partial charge in [-0.2, -0.15) is 0 Å². The molecule has 1 fully saturated rings. The summed E-state index contributed by atoms with van der Waals surface area (Å²) in [6.45, 7) is 6.94. The minimum atomic E-state index is -0.718. The molecule has 0 saturated carbocycles. The lowest BCUT2D eigenvalue weighted by Crippen LogP contribution is -2.48. The summed E-state index contributed by atoms with van der Waals surface area (Å²) in [5.41, 5.74) is 1.66. The number of hydrogen-bond donors (Lipinski definition) is 3. The number of carbonyl (C=O) groups is 2. The number of nitrogens with one attached hydrogen (secondary N) is 3. The van der Waals surface area contributed by atoms with Crippen molar-refractivity contribution < 1.29 is 14.3 Å². The molecule has 184 valence electrons. The van der Waals surface area contributed by atoms with Crippen molar-refractivity contribution in [2.24, 2.45) is 0 Å². The van der Waals surface area contributed by atoms with Gasteiger partial charge in [0.1, 0.15) is 12.1 Å². The second-order valence-corrected chi connectivity index (χ2v) is 10.7. The van der Waals surface area contributed by atoms with Gasteiger partial charge in [-0.05, 0) is 68.6 Å². The highest BCUT2D eigenvalue weighted by Gasteiger charge is 2.29. The fourth-order valence-electron chi connectivity index (χ4n) is 4.02. The number of benzene rings is 3. The smallest absolute Gasteiger partial charge is 0.249 e. The minimum Gasteiger partial charge on any atom is -0.368 e. The molecule has 1 aliphatic rings. The van der Waals surface area contributed by atoms with E-state index in [0.29, 0.717) is 19.4 Å². The summed E-state index contributed by atoms with van der Waals surface area (Å²) in [6.07, 6.45) is 1.44. The van der Waals surface area contributed by atoms with E-state index in [4.69, 9.17) is 4.74 Å². The van der Waals surface area contributed by atoms with Crippen molar-refractivity contribution in [2.45, 2.75) is 62.6 Å². The molecule has 6 nitrogen and oxygen atoms in total. The van der Waals surface area contributed by atoms with Crippen LogP contribution in [-0.2, 0) is 20.7 Å². The fraction of sp³-hybridized carbons (Fsp3) is 0.357. The monoisotopic (exact) mass is 491 g/mol. The summed E-state index contributed by atoms with van der Waals surface area (Å²) in [5.74, 6) is -0.484. The summed E-state index contributed by atoms with van der Waals surface area (Å²) in [5, 5.41) is 8.01. The third kappa shape index (κ3) is 6.84. The van der Waals surface area contributed by atoms with Crippen LogP contribution in [0.2, 0.25) is 0 Å². The van der Waals surface area contributed by atoms with Gasteiger partial charge in [0.2, 0.25) is 11.8 Å². The highest BCUT2D eigenvalue weighted by Crippen LogP contribution is 2.32. The fourth-order valence-corrected chi connectivity index (χ4v) is 4.87. The molecule has 3 N–H and O–H groups in total. The average molecular weight is 492 g/mol. The molecule has 1 aliphatic heterocycles. The lowest BCUT2D eigenvalue weighted by molar-refractivity contribution is -0.133. The first kappa shape index (κ1) is 25.2. The van der Waals surface area contributed by atoms with Gasteiger partial charge >= 0.3 is 0 Å². The molecule has 0 radical (unpaired) electrons. The maximum absolute atomic E-state index is 13.5. The molecule has 0 bridgehead atoms. The largest absolute Gasteiger partial charge is 0.368 e. The third-order valence-corrected chi connectivity index (χ3v) is 7.04. The van der Waals surface area contributed by atoms with Crippen molar-refractivity contribution in [1.82, 2.24) is 10.0 Å². The number of carbonyl (C=O) groups excluding carboxylic acids is 2. The van der Waals surface area contributed by atoms with Crippen LogP contribution in [0.15, 0.2) is 71.6 Å². The maximum Gasteiger partial charge on any atom is 0.249 e. The van der Waals surface area contributed by atoms with E-state index in [1.54, 1.807) is 11.9 Å². The van der Waals surface area contributed by atoms with Gasteiger partial charge in [-0.25, -0.2) is 0 Å². The van der Waals surface area contributed by atoms with Gasteiger partial charge in [0.25, 0.3) is 0 Å². The highest BCUT2D eigenvalue weighted by atomic mass is 32.2. The Morgan fingerprint density at radius 1 is 1.00 bits per heavy atom. The SMILES string of the molecule is CC(C)(C)NSc1cccc2c(NC(=O)[C@H](Cc3ccccc3)NC(=O)C3CCCO3)cccc12. The van der Waals surface area contributed by atoms with Crippen molar-refractivity contribution >= 4 is 40.2 Å². The van der Waals surface area contributed by atoms with E-state index in [2.05, 4.69) is 48.3 Å². The molecule has 0 spiro atoms. The van der Waals surface area contributed by atoms with E-state index in [1.165, 1.54) is 0 Å². The van der Waals surface area contributed by atoms with Crippen molar-refractivity contribution in [2.75, 3.05) is 11.9 Å². The van der Waals surface area contributed by atoms with Crippen LogP contribution in [0, 0.1) is 0 Å². The van der Waals surface area contributed by atoms with Crippen molar-refractivity contribution in [3.8, 4) is 0 Å². The summed E-state index contributed by atoms with van der Waals surface area (Å²) in [7, 11) is 0. The molecular weight excluding hydrogens is 458 g/mol. The Bertz CT molecular complexity index is 1170. The van der Waals surface area contributed by atoms with E-state index in [-0.39, 0.29) is 17.4 Å². The highest BCUT2D eigenvalue weighted by molar-refractivity contribution is 7.97. The quantitative estimate of drug-likeness (QED) is 0.383. The normalized spacial score (nSPS) is 16.7. The van der Waals surface area contributed by atoms with Gasteiger partial charge in [-0.15, -0.1) is 0 Å². The second-order valence-electron chi connectivity index (χ2n) is 9.85. The van der Waals surface area contributed by atoms with Crippen LogP contribution in [0.3, 0.4) is 0 Å². The molecule has 3 aromatic carbocycles. The Labute approximate surface area is 211 Å². The number of anilines is 1. The predicted octanol–water partition coefficient (Wildman–Crippen LogP) is 5.08. The molecular formula is C28H33N3O3S. The summed E-state index contributed by atoms with van der Waals surface area (Å²) < 4.78 is 8.98. The van der Waals surface area contributed by atoms with Crippen molar-refractivity contribution in [1.29, 1.82) is 0 Å². The zero-order chi connectivity index (χ0) is 24.8. The number of amides is 2. The van der Waals surface area contributed by atoms with E-state index >= 15 is 0 Å². The third-order valence-electron chi connectivity index (χ3n) is 5.74. The molecule has 0 aromatic heterocycles. The second kappa shape index (κ2) is 11.2. The molecule has 3 aromatic rings. The molecule has 2 atom stereocenters. The van der Waals surface area contributed by atoms with Gasteiger partial charge in [-0.3, -0.25) is 14.3 Å². The van der Waals surface area contributed by atoms with Crippen LogP contribution in [0.25, 0.3) is 10.8 Å². The molecule has 1 heterocycles. The first-order valence-corrected chi connectivity index (χ1v) is 12.8. The van der Waals surface area contributed by atoms with Crippen LogP contribution in [0.4, 0.5) is 5.69 Å². The summed E-state index contributed by atoms with van der Waals surface area (Å²) >= 11 is 1.58. The summed E-state index contributed by atoms with van der Waals surface area (Å²) in [6, 6.07) is 21.0. The molecule has 0 aliphatic carbocycles. The van der Waals surface area contributed by atoms with Gasteiger partial charge < -0.3 is 15.4 Å². The van der Waals surface area contributed by atoms with Crippen LogP contribution in [0.5, 0.6) is 0 Å². The molecule has 1 saturated heterocycles. The van der Waals surface area contributed by atoms with Crippen LogP contribution in [-0.4, -0.2) is 36.1 Å². The van der Waals surface area contributed by atoms with Crippen LogP contribution < -0.4 is 15.4 Å². The van der Waals surface area contributed by atoms with E-state index in [9.17, 15) is 9.59 Å². The van der Waals surface area contributed by atoms with Crippen LogP contribution in [0.1, 0.15) is 39.2 Å². The summed E-state index contributed by atoms with van der Waals surface area (Å²) in [4.78, 5) is 27.3. The lowest BCUT2D eigenvalue weighted by atomic mass is 10.0. The van der Waals surface area contributed by atoms with Crippen LogP contribution >= 0.6 is 11.9 Å². The molecule has 7 heteroatoms. The van der Waals surface area contributed by atoms with Gasteiger partial charge in [0.15, 0.2) is 0 Å². The zero-order valence-electron chi connectivity index (χ0n) is 20.5. The minimum absolute atomic E-state index is 0.0371. The topological polar surface area (TPSA) is 79.5 Å². The van der Waals surface area contributed by atoms with E-state index in [0.717, 1.165) is 33.3 Å². The lowest BCUT2D eigenvalue weighted by Gasteiger charge is -2.22. The van der Waals surface area contributed by atoms with Crippen molar-refractivity contribution in [3.63, 3.8) is 0 Å². The number of hydrogen-bond acceptors (Lipinski definition) is 5. The molecule has 2 amide bonds. The maximum atomic E-state index is 13.5. The number of fused-ring (bicyclic) bond motifs is 1. The number of ether oxygens (including phenoxy) is 1. The Kier molecular flexibility index (Phi) is 8.11. The number of rotatable bonds is 8. The molecule has 1 unspecified atom stereocenters. The van der Waals surface area contributed by atoms with E-state index < -0.39 is 12.1 Å². The van der Waals surface area contributed by atoms with Gasteiger partial charge in [0, 0.05) is 34.5 Å². The Hall–Kier alpha value is -2.87. The van der Waals surface area contributed by atoms with Gasteiger partial charge in [-0.1, -0.05) is 54.6 Å². The average Bonchev–Trinajstić information content (AvgIpc) is 3.38. The predicted molar refractivity (Wildman–Crippen MR) is 142 cm³/mol. The first-order chi connectivity index (χ1) is 16.8. The van der Waals surface area contributed by atoms with Crippen molar-refractivity contribution in [3.05, 3.63) is 72.3 Å². The van der Waals surface area contributed by atoms with Gasteiger partial charge in [0.05, 0.1) is 0 Å².